The highest BCUT2D eigenvalue weighted by atomic mass is 19.1. The van der Waals surface area contributed by atoms with Crippen molar-refractivity contribution in [3.05, 3.63) is 47.5 Å². The normalized spacial score (nSPS) is 14.4. The lowest BCUT2D eigenvalue weighted by Crippen LogP contribution is -2.13. The van der Waals surface area contributed by atoms with Crippen LogP contribution in [0.15, 0.2) is 30.5 Å². The second kappa shape index (κ2) is 4.29. The highest BCUT2D eigenvalue weighted by molar-refractivity contribution is 5.97. The molecule has 0 N–H and O–H groups in total. The van der Waals surface area contributed by atoms with E-state index < -0.39 is 0 Å². The number of carbonyl (C=O) groups excluding carboxylic acids is 1. The third kappa shape index (κ3) is 1.90. The fraction of sp³-hybridized carbons (Fsp3) is 0.214. The zero-order valence-corrected chi connectivity index (χ0v) is 9.69. The topological polar surface area (TPSA) is 42.9 Å². The summed E-state index contributed by atoms with van der Waals surface area (Å²) in [6, 6.07) is 6.04. The Morgan fingerprint density at radius 2 is 1.89 bits per heavy atom. The Labute approximate surface area is 104 Å². The van der Waals surface area contributed by atoms with E-state index in [-0.39, 0.29) is 11.6 Å². The van der Waals surface area contributed by atoms with Crippen LogP contribution in [0.5, 0.6) is 0 Å². The Balaban J connectivity index is 2.04. The van der Waals surface area contributed by atoms with Gasteiger partial charge in [0.05, 0.1) is 11.3 Å². The molecule has 18 heavy (non-hydrogen) atoms. The summed E-state index contributed by atoms with van der Waals surface area (Å²) in [5.41, 5.74) is 2.20. The van der Waals surface area contributed by atoms with Gasteiger partial charge in [-0.3, -0.25) is 4.79 Å². The largest absolute Gasteiger partial charge is 0.294 e. The van der Waals surface area contributed by atoms with E-state index in [4.69, 9.17) is 0 Å². The Morgan fingerprint density at radius 1 is 1.11 bits per heavy atom. The monoisotopic (exact) mass is 242 g/mol. The summed E-state index contributed by atoms with van der Waals surface area (Å²) in [5.74, 6) is 0.372. The van der Waals surface area contributed by atoms with Crippen LogP contribution in [0.3, 0.4) is 0 Å². The lowest BCUT2D eigenvalue weighted by atomic mass is 9.96. The number of fused-ring (bicyclic) bond motifs is 1. The van der Waals surface area contributed by atoms with Gasteiger partial charge in [0.25, 0.3) is 0 Å². The van der Waals surface area contributed by atoms with Crippen molar-refractivity contribution in [1.29, 1.82) is 0 Å². The lowest BCUT2D eigenvalue weighted by molar-refractivity contribution is 0.0971. The van der Waals surface area contributed by atoms with Crippen LogP contribution >= 0.6 is 0 Å². The highest BCUT2D eigenvalue weighted by Gasteiger charge is 2.19. The maximum atomic E-state index is 12.8. The number of Topliss-reactive ketones (excluding diaryl/α,β-unsaturated/α-hetero) is 1. The molecule has 1 heterocycles. The molecule has 3 nitrogen and oxygen atoms in total. The molecule has 0 radical (unpaired) electrons. The number of halogens is 1. The van der Waals surface area contributed by atoms with Crippen molar-refractivity contribution in [3.63, 3.8) is 0 Å². The second-order valence-corrected chi connectivity index (χ2v) is 4.34. The van der Waals surface area contributed by atoms with Gasteiger partial charge < -0.3 is 0 Å². The first-order chi connectivity index (χ1) is 8.74. The summed E-state index contributed by atoms with van der Waals surface area (Å²) in [5, 5.41) is 0. The van der Waals surface area contributed by atoms with Crippen molar-refractivity contribution in [2.24, 2.45) is 0 Å². The summed E-state index contributed by atoms with van der Waals surface area (Å²) >= 11 is 0. The minimum Gasteiger partial charge on any atom is -0.294 e. The predicted molar refractivity (Wildman–Crippen MR) is 64.7 cm³/mol. The highest BCUT2D eigenvalue weighted by Crippen LogP contribution is 2.22. The molecular formula is C14H11FN2O. The zero-order chi connectivity index (χ0) is 12.5. The number of carbonyl (C=O) groups is 1. The van der Waals surface area contributed by atoms with Gasteiger partial charge in [-0.15, -0.1) is 0 Å². The number of aromatic nitrogens is 2. The maximum Gasteiger partial charge on any atom is 0.166 e. The number of ketones is 1. The van der Waals surface area contributed by atoms with Gasteiger partial charge in [0.1, 0.15) is 5.82 Å². The van der Waals surface area contributed by atoms with Crippen LogP contribution in [-0.2, 0) is 6.42 Å². The third-order valence-electron chi connectivity index (χ3n) is 3.09. The molecule has 0 saturated carbocycles. The minimum atomic E-state index is -0.285. The Kier molecular flexibility index (Phi) is 2.63. The first kappa shape index (κ1) is 11.0. The molecule has 90 valence electrons. The van der Waals surface area contributed by atoms with E-state index in [1.54, 1.807) is 18.3 Å². The van der Waals surface area contributed by atoms with E-state index in [1.165, 1.54) is 12.1 Å². The van der Waals surface area contributed by atoms with E-state index in [0.29, 0.717) is 17.8 Å². The minimum absolute atomic E-state index is 0.113. The van der Waals surface area contributed by atoms with Gasteiger partial charge in [-0.1, -0.05) is 0 Å². The first-order valence-corrected chi connectivity index (χ1v) is 5.89. The first-order valence-electron chi connectivity index (χ1n) is 5.89. The maximum absolute atomic E-state index is 12.8. The molecule has 0 spiro atoms. The molecule has 0 atom stereocenters. The van der Waals surface area contributed by atoms with Crippen molar-refractivity contribution in [2.45, 2.75) is 19.3 Å². The number of hydrogen-bond donors (Lipinski definition) is 0. The van der Waals surface area contributed by atoms with Crippen molar-refractivity contribution in [1.82, 2.24) is 9.97 Å². The van der Waals surface area contributed by atoms with Crippen molar-refractivity contribution in [3.8, 4) is 11.4 Å². The molecule has 0 saturated heterocycles. The molecule has 1 aromatic heterocycles. The van der Waals surface area contributed by atoms with Crippen LogP contribution in [0.2, 0.25) is 0 Å². The van der Waals surface area contributed by atoms with Crippen LogP contribution in [0.1, 0.15) is 28.9 Å². The van der Waals surface area contributed by atoms with Gasteiger partial charge in [-0.2, -0.15) is 0 Å². The van der Waals surface area contributed by atoms with Crippen molar-refractivity contribution in [2.75, 3.05) is 0 Å². The molecule has 1 aliphatic carbocycles. The van der Waals surface area contributed by atoms with Crippen LogP contribution in [0.25, 0.3) is 11.4 Å². The average Bonchev–Trinajstić information content (AvgIpc) is 2.39. The SMILES string of the molecule is O=C1CCCc2nc(-c3ccc(F)cc3)ncc21. The molecule has 1 aliphatic rings. The van der Waals surface area contributed by atoms with Crippen LogP contribution in [0, 0.1) is 5.82 Å². The predicted octanol–water partition coefficient (Wildman–Crippen LogP) is 2.80. The van der Waals surface area contributed by atoms with Gasteiger partial charge in [-0.25, -0.2) is 14.4 Å². The van der Waals surface area contributed by atoms with E-state index >= 15 is 0 Å². The lowest BCUT2D eigenvalue weighted by Gasteiger charge is -2.13. The molecule has 0 unspecified atom stereocenters. The third-order valence-corrected chi connectivity index (χ3v) is 3.09. The smallest absolute Gasteiger partial charge is 0.166 e. The molecule has 4 heteroatoms. The van der Waals surface area contributed by atoms with Crippen LogP contribution in [-0.4, -0.2) is 15.8 Å². The van der Waals surface area contributed by atoms with Gasteiger partial charge in [0.2, 0.25) is 0 Å². The molecule has 0 amide bonds. The van der Waals surface area contributed by atoms with E-state index in [1.807, 2.05) is 0 Å². The second-order valence-electron chi connectivity index (χ2n) is 4.34. The molecule has 0 fully saturated rings. The number of nitrogens with zero attached hydrogens (tertiary/aromatic N) is 2. The zero-order valence-electron chi connectivity index (χ0n) is 9.69. The van der Waals surface area contributed by atoms with Crippen molar-refractivity contribution >= 4 is 5.78 Å². The Hall–Kier alpha value is -2.10. The molecule has 0 aliphatic heterocycles. The number of hydrogen-bond acceptors (Lipinski definition) is 3. The molecule has 1 aromatic carbocycles. The summed E-state index contributed by atoms with van der Waals surface area (Å²) in [4.78, 5) is 20.2. The van der Waals surface area contributed by atoms with E-state index in [2.05, 4.69) is 9.97 Å². The summed E-state index contributed by atoms with van der Waals surface area (Å²) < 4.78 is 12.8. The quantitative estimate of drug-likeness (QED) is 0.772. The number of benzene rings is 1. The summed E-state index contributed by atoms with van der Waals surface area (Å²) in [6.45, 7) is 0. The fourth-order valence-electron chi connectivity index (χ4n) is 2.13. The number of aryl methyl sites for hydroxylation is 1. The Morgan fingerprint density at radius 3 is 2.67 bits per heavy atom. The molecule has 0 bridgehead atoms. The van der Waals surface area contributed by atoms with Crippen molar-refractivity contribution < 1.29 is 9.18 Å². The summed E-state index contributed by atoms with van der Waals surface area (Å²) in [6.07, 6.45) is 3.80. The molecular weight excluding hydrogens is 231 g/mol. The van der Waals surface area contributed by atoms with Gasteiger partial charge in [0, 0.05) is 18.2 Å². The van der Waals surface area contributed by atoms with Crippen LogP contribution in [0.4, 0.5) is 4.39 Å². The standard InChI is InChI=1S/C14H11FN2O/c15-10-6-4-9(5-7-10)14-16-8-11-12(17-14)2-1-3-13(11)18/h4-8H,1-3H2. The average molecular weight is 242 g/mol. The summed E-state index contributed by atoms with van der Waals surface area (Å²) in [7, 11) is 0. The van der Waals surface area contributed by atoms with Gasteiger partial charge in [-0.05, 0) is 37.1 Å². The Bertz CT molecular complexity index is 608. The van der Waals surface area contributed by atoms with Gasteiger partial charge >= 0.3 is 0 Å². The van der Waals surface area contributed by atoms with E-state index in [9.17, 15) is 9.18 Å². The number of rotatable bonds is 1. The van der Waals surface area contributed by atoms with Crippen LogP contribution < -0.4 is 0 Å². The van der Waals surface area contributed by atoms with E-state index in [0.717, 1.165) is 24.1 Å². The van der Waals surface area contributed by atoms with Gasteiger partial charge in [0.15, 0.2) is 11.6 Å². The fourth-order valence-corrected chi connectivity index (χ4v) is 2.13. The molecule has 2 aromatic rings. The molecule has 3 rings (SSSR count).